The molecule has 0 radical (unpaired) electrons. The molecule has 0 heterocycles. The fraction of sp³-hybridized carbons (Fsp3) is 0.842. The summed E-state index contributed by atoms with van der Waals surface area (Å²) in [5.74, 6) is 1.11. The molecule has 0 aliphatic heterocycles. The Morgan fingerprint density at radius 2 is 1.91 bits per heavy atom. The van der Waals surface area contributed by atoms with Crippen LogP contribution in [0.3, 0.4) is 0 Å². The minimum atomic E-state index is -1.24. The average molecular weight is 306 g/mol. The van der Waals surface area contributed by atoms with Crippen LogP contribution in [-0.4, -0.2) is 23.2 Å². The second-order valence-electron chi connectivity index (χ2n) is 8.68. The van der Waals surface area contributed by atoms with Crippen LogP contribution in [0.1, 0.15) is 58.8 Å². The highest BCUT2D eigenvalue weighted by molar-refractivity contribution is 5.91. The van der Waals surface area contributed by atoms with Gasteiger partial charge in [-0.15, -0.1) is 0 Å². The van der Waals surface area contributed by atoms with Gasteiger partial charge in [0.05, 0.1) is 6.10 Å². The van der Waals surface area contributed by atoms with Crippen LogP contribution >= 0.6 is 0 Å². The number of rotatable bonds is 0. The molecule has 0 aromatic carbocycles. The summed E-state index contributed by atoms with van der Waals surface area (Å²) in [5, 5.41) is 9.98. The summed E-state index contributed by atoms with van der Waals surface area (Å²) < 4.78 is 14.1. The van der Waals surface area contributed by atoms with Crippen molar-refractivity contribution in [3.8, 4) is 0 Å². The Hall–Kier alpha value is -0.700. The Labute approximate surface area is 132 Å². The average Bonchev–Trinajstić information content (AvgIpc) is 2.72. The number of carbonyl (C=O) groups excluding carboxylic acids is 1. The molecule has 3 heteroatoms. The van der Waals surface area contributed by atoms with Crippen molar-refractivity contribution < 1.29 is 14.3 Å². The molecule has 0 aromatic rings. The Morgan fingerprint density at radius 1 is 1.18 bits per heavy atom. The third-order valence-electron chi connectivity index (χ3n) is 7.78. The van der Waals surface area contributed by atoms with E-state index in [0.29, 0.717) is 18.3 Å². The molecule has 4 aliphatic rings. The van der Waals surface area contributed by atoms with Gasteiger partial charge in [0.25, 0.3) is 0 Å². The first-order chi connectivity index (χ1) is 10.4. The van der Waals surface area contributed by atoms with Gasteiger partial charge in [-0.2, -0.15) is 0 Å². The van der Waals surface area contributed by atoms with Gasteiger partial charge >= 0.3 is 0 Å². The molecule has 2 nitrogen and oxygen atoms in total. The first-order valence-corrected chi connectivity index (χ1v) is 8.92. The molecule has 0 amide bonds. The van der Waals surface area contributed by atoms with Crippen LogP contribution in [0.5, 0.6) is 0 Å². The van der Waals surface area contributed by atoms with Crippen molar-refractivity contribution in [3.63, 3.8) is 0 Å². The van der Waals surface area contributed by atoms with E-state index in [4.69, 9.17) is 0 Å². The molecule has 4 rings (SSSR count). The largest absolute Gasteiger partial charge is 0.393 e. The van der Waals surface area contributed by atoms with E-state index in [2.05, 4.69) is 13.0 Å². The smallest absolute Gasteiger partial charge is 0.173 e. The molecule has 0 saturated heterocycles. The molecule has 4 aliphatic carbocycles. The lowest BCUT2D eigenvalue weighted by atomic mass is 9.48. The summed E-state index contributed by atoms with van der Waals surface area (Å²) in [6, 6.07) is 0. The summed E-state index contributed by atoms with van der Waals surface area (Å²) in [7, 11) is 0. The standard InChI is InChI=1S/C19H27FO2/c1-18-7-5-12(21)9-11(18)3-4-13-14(18)6-8-19(2)15(13)10-16(20)17(19)22/h3,12-16,21H,4-10H2,1-2H3/t12-,13+,14-,15-,16?,18-,19-/m0/s1. The van der Waals surface area contributed by atoms with Crippen molar-refractivity contribution >= 4 is 5.78 Å². The Bertz CT molecular complexity index is 542. The number of alkyl halides is 1. The van der Waals surface area contributed by atoms with E-state index in [0.717, 1.165) is 38.5 Å². The van der Waals surface area contributed by atoms with E-state index in [1.165, 1.54) is 5.57 Å². The first kappa shape index (κ1) is 14.9. The van der Waals surface area contributed by atoms with Gasteiger partial charge in [-0.05, 0) is 68.1 Å². The van der Waals surface area contributed by atoms with E-state index >= 15 is 0 Å². The molecule has 122 valence electrons. The number of allylic oxidation sites excluding steroid dienone is 1. The van der Waals surface area contributed by atoms with E-state index in [1.54, 1.807) is 0 Å². The van der Waals surface area contributed by atoms with Crippen molar-refractivity contribution in [1.29, 1.82) is 0 Å². The highest BCUT2D eigenvalue weighted by Crippen LogP contribution is 2.64. The van der Waals surface area contributed by atoms with Crippen LogP contribution in [0.15, 0.2) is 11.6 Å². The molecule has 0 aromatic heterocycles. The van der Waals surface area contributed by atoms with Crippen LogP contribution in [0.4, 0.5) is 4.39 Å². The van der Waals surface area contributed by atoms with Crippen molar-refractivity contribution in [2.24, 2.45) is 28.6 Å². The second-order valence-corrected chi connectivity index (χ2v) is 8.68. The monoisotopic (exact) mass is 306 g/mol. The van der Waals surface area contributed by atoms with E-state index in [1.807, 2.05) is 6.92 Å². The fourth-order valence-corrected chi connectivity index (χ4v) is 6.39. The molecule has 0 spiro atoms. The number of halogens is 1. The SMILES string of the molecule is C[C@]12CC[C@H](O)CC1=CC[C@@H]1[C@@H]2CC[C@]2(C)C(=O)C(F)C[C@@H]12. The maximum atomic E-state index is 14.1. The predicted octanol–water partition coefficient (Wildman–Crippen LogP) is 3.83. The van der Waals surface area contributed by atoms with E-state index in [9.17, 15) is 14.3 Å². The lowest BCUT2D eigenvalue weighted by Crippen LogP contribution is -2.50. The van der Waals surface area contributed by atoms with Gasteiger partial charge in [0, 0.05) is 5.41 Å². The number of Topliss-reactive ketones (excluding diaryl/α,β-unsaturated/α-hetero) is 1. The molecule has 1 N–H and O–H groups in total. The fourth-order valence-electron chi connectivity index (χ4n) is 6.39. The predicted molar refractivity (Wildman–Crippen MR) is 83.0 cm³/mol. The quantitative estimate of drug-likeness (QED) is 0.691. The Morgan fingerprint density at radius 3 is 2.68 bits per heavy atom. The van der Waals surface area contributed by atoms with Gasteiger partial charge < -0.3 is 5.11 Å². The summed E-state index contributed by atoms with van der Waals surface area (Å²) in [6.07, 6.45) is 6.94. The number of fused-ring (bicyclic) bond motifs is 5. The normalized spacial score (nSPS) is 54.3. The summed E-state index contributed by atoms with van der Waals surface area (Å²) in [5.41, 5.74) is 1.18. The van der Waals surface area contributed by atoms with Gasteiger partial charge in [0.15, 0.2) is 12.0 Å². The highest BCUT2D eigenvalue weighted by Gasteiger charge is 2.61. The van der Waals surface area contributed by atoms with Crippen LogP contribution in [0, 0.1) is 28.6 Å². The van der Waals surface area contributed by atoms with Gasteiger partial charge in [0.1, 0.15) is 0 Å². The van der Waals surface area contributed by atoms with Crippen molar-refractivity contribution in [2.75, 3.05) is 0 Å². The maximum absolute atomic E-state index is 14.1. The molecule has 7 atom stereocenters. The zero-order valence-electron chi connectivity index (χ0n) is 13.6. The number of ketones is 1. The summed E-state index contributed by atoms with van der Waals surface area (Å²) in [4.78, 5) is 12.3. The molecule has 3 saturated carbocycles. The maximum Gasteiger partial charge on any atom is 0.173 e. The summed E-state index contributed by atoms with van der Waals surface area (Å²) in [6.45, 7) is 4.37. The second kappa shape index (κ2) is 4.66. The number of aliphatic hydroxyl groups excluding tert-OH is 1. The number of aliphatic hydroxyl groups is 1. The lowest BCUT2D eigenvalue weighted by Gasteiger charge is -2.56. The molecule has 3 fully saturated rings. The van der Waals surface area contributed by atoms with Crippen molar-refractivity contribution in [1.82, 2.24) is 0 Å². The molecular formula is C19H27FO2. The lowest BCUT2D eigenvalue weighted by molar-refractivity contribution is -0.134. The Kier molecular flexibility index (Phi) is 3.15. The Balaban J connectivity index is 1.70. The van der Waals surface area contributed by atoms with Gasteiger partial charge in [-0.3, -0.25) is 4.79 Å². The zero-order valence-corrected chi connectivity index (χ0v) is 13.6. The molecular weight excluding hydrogens is 279 g/mol. The minimum Gasteiger partial charge on any atom is -0.393 e. The van der Waals surface area contributed by atoms with Crippen LogP contribution in [-0.2, 0) is 4.79 Å². The molecule has 0 bridgehead atoms. The minimum absolute atomic E-state index is 0.130. The topological polar surface area (TPSA) is 37.3 Å². The number of hydrogen-bond acceptors (Lipinski definition) is 2. The van der Waals surface area contributed by atoms with E-state index < -0.39 is 11.6 Å². The van der Waals surface area contributed by atoms with Crippen LogP contribution in [0.2, 0.25) is 0 Å². The third kappa shape index (κ3) is 1.78. The van der Waals surface area contributed by atoms with Crippen LogP contribution < -0.4 is 0 Å². The van der Waals surface area contributed by atoms with Gasteiger partial charge in [0.2, 0.25) is 0 Å². The molecule has 1 unspecified atom stereocenters. The van der Waals surface area contributed by atoms with E-state index in [-0.39, 0.29) is 23.2 Å². The third-order valence-corrected chi connectivity index (χ3v) is 7.78. The number of carbonyl (C=O) groups is 1. The van der Waals surface area contributed by atoms with Gasteiger partial charge in [-0.1, -0.05) is 25.5 Å². The zero-order chi connectivity index (χ0) is 15.7. The summed E-state index contributed by atoms with van der Waals surface area (Å²) >= 11 is 0. The highest BCUT2D eigenvalue weighted by atomic mass is 19.1. The van der Waals surface area contributed by atoms with Crippen molar-refractivity contribution in [3.05, 3.63) is 11.6 Å². The van der Waals surface area contributed by atoms with Crippen LogP contribution in [0.25, 0.3) is 0 Å². The number of hydrogen-bond donors (Lipinski definition) is 1. The molecule has 22 heavy (non-hydrogen) atoms. The first-order valence-electron chi connectivity index (χ1n) is 8.92. The van der Waals surface area contributed by atoms with Crippen molar-refractivity contribution in [2.45, 2.75) is 71.1 Å². The van der Waals surface area contributed by atoms with Gasteiger partial charge in [-0.25, -0.2) is 4.39 Å².